The first-order valence-electron chi connectivity index (χ1n) is 5.37. The summed E-state index contributed by atoms with van der Waals surface area (Å²) in [4.78, 5) is 10.6. The summed E-state index contributed by atoms with van der Waals surface area (Å²) in [5, 5.41) is 3.20. The first-order valence-corrected chi connectivity index (χ1v) is 5.75. The Morgan fingerprint density at radius 2 is 2.24 bits per heavy atom. The number of carbonyl (C=O) groups excluding carboxylic acids is 1. The van der Waals surface area contributed by atoms with Crippen LogP contribution in [0.5, 0.6) is 0 Å². The van der Waals surface area contributed by atoms with Gasteiger partial charge in [-0.2, -0.15) is 0 Å². The van der Waals surface area contributed by atoms with Gasteiger partial charge >= 0.3 is 0 Å². The molecule has 0 heterocycles. The van der Waals surface area contributed by atoms with Gasteiger partial charge in [0.2, 0.25) is 5.91 Å². The van der Waals surface area contributed by atoms with Crippen LogP contribution in [0.25, 0.3) is 6.08 Å². The highest BCUT2D eigenvalue weighted by Gasteiger charge is 2.02. The molecule has 17 heavy (non-hydrogen) atoms. The molecule has 0 unspecified atom stereocenters. The van der Waals surface area contributed by atoms with E-state index in [0.29, 0.717) is 29.1 Å². The van der Waals surface area contributed by atoms with Crippen LogP contribution < -0.4 is 5.32 Å². The van der Waals surface area contributed by atoms with Gasteiger partial charge in [0.1, 0.15) is 5.82 Å². The number of carbonyl (C=O) groups is 1. The van der Waals surface area contributed by atoms with E-state index in [-0.39, 0.29) is 11.7 Å². The first-order chi connectivity index (χ1) is 8.00. The predicted octanol–water partition coefficient (Wildman–Crippen LogP) is 3.33. The smallest absolute Gasteiger partial charge is 0.216 e. The number of benzene rings is 1. The van der Waals surface area contributed by atoms with Gasteiger partial charge < -0.3 is 5.32 Å². The standard InChI is InChI=1S/C13H15ClFNO/c1-9-7-12(14)11(8-13(9)15)5-3-4-6-16-10(2)17/h3,5,7-8H,4,6H2,1-2H3,(H,16,17). The second-order valence-electron chi connectivity index (χ2n) is 3.80. The summed E-state index contributed by atoms with van der Waals surface area (Å²) in [6.07, 6.45) is 4.30. The van der Waals surface area contributed by atoms with Crippen LogP contribution in [0, 0.1) is 12.7 Å². The maximum absolute atomic E-state index is 13.3. The minimum Gasteiger partial charge on any atom is -0.356 e. The van der Waals surface area contributed by atoms with Crippen molar-refractivity contribution in [2.24, 2.45) is 0 Å². The molecule has 0 radical (unpaired) electrons. The van der Waals surface area contributed by atoms with Crippen LogP contribution in [0.15, 0.2) is 18.2 Å². The summed E-state index contributed by atoms with van der Waals surface area (Å²) in [7, 11) is 0. The normalized spacial score (nSPS) is 10.8. The molecule has 0 saturated heterocycles. The van der Waals surface area contributed by atoms with Gasteiger partial charge in [0.25, 0.3) is 0 Å². The summed E-state index contributed by atoms with van der Waals surface area (Å²) >= 11 is 5.98. The van der Waals surface area contributed by atoms with Crippen molar-refractivity contribution in [2.75, 3.05) is 6.54 Å². The fourth-order valence-corrected chi connectivity index (χ4v) is 1.61. The van der Waals surface area contributed by atoms with Crippen LogP contribution >= 0.6 is 11.6 Å². The van der Waals surface area contributed by atoms with Crippen molar-refractivity contribution in [3.05, 3.63) is 40.2 Å². The zero-order valence-corrected chi connectivity index (χ0v) is 10.6. The SMILES string of the molecule is CC(=O)NCCC=Cc1cc(F)c(C)cc1Cl. The Hall–Kier alpha value is -1.35. The third-order valence-electron chi connectivity index (χ3n) is 2.26. The molecule has 2 nitrogen and oxygen atoms in total. The summed E-state index contributed by atoms with van der Waals surface area (Å²) in [5.41, 5.74) is 1.18. The molecule has 0 saturated carbocycles. The zero-order valence-electron chi connectivity index (χ0n) is 9.89. The van der Waals surface area contributed by atoms with Crippen molar-refractivity contribution in [3.8, 4) is 0 Å². The lowest BCUT2D eigenvalue weighted by Crippen LogP contribution is -2.20. The molecule has 0 aliphatic heterocycles. The summed E-state index contributed by atoms with van der Waals surface area (Å²) in [6, 6.07) is 3.01. The van der Waals surface area contributed by atoms with Crippen LogP contribution in [0.2, 0.25) is 5.02 Å². The van der Waals surface area contributed by atoms with E-state index in [4.69, 9.17) is 11.6 Å². The van der Waals surface area contributed by atoms with Gasteiger partial charge in [-0.05, 0) is 36.6 Å². The van der Waals surface area contributed by atoms with Crippen LogP contribution in [0.4, 0.5) is 4.39 Å². The number of halogens is 2. The van der Waals surface area contributed by atoms with E-state index in [0.717, 1.165) is 0 Å². The lowest BCUT2D eigenvalue weighted by Gasteiger charge is -2.02. The maximum atomic E-state index is 13.3. The second kappa shape index (κ2) is 6.40. The van der Waals surface area contributed by atoms with Gasteiger partial charge in [-0.1, -0.05) is 23.8 Å². The number of amides is 1. The highest BCUT2D eigenvalue weighted by atomic mass is 35.5. The summed E-state index contributed by atoms with van der Waals surface area (Å²) < 4.78 is 13.3. The zero-order chi connectivity index (χ0) is 12.8. The molecule has 0 spiro atoms. The lowest BCUT2D eigenvalue weighted by molar-refractivity contribution is -0.118. The molecule has 92 valence electrons. The average molecular weight is 256 g/mol. The average Bonchev–Trinajstić information content (AvgIpc) is 2.24. The van der Waals surface area contributed by atoms with Crippen molar-refractivity contribution >= 4 is 23.6 Å². The van der Waals surface area contributed by atoms with Gasteiger partial charge in [-0.3, -0.25) is 4.79 Å². The Balaban J connectivity index is 2.59. The van der Waals surface area contributed by atoms with Crippen molar-refractivity contribution in [1.29, 1.82) is 0 Å². The topological polar surface area (TPSA) is 29.1 Å². The number of rotatable bonds is 4. The molecule has 1 rings (SSSR count). The van der Waals surface area contributed by atoms with Crippen LogP contribution in [0.3, 0.4) is 0 Å². The number of nitrogens with one attached hydrogen (secondary N) is 1. The van der Waals surface area contributed by atoms with Crippen LogP contribution in [0.1, 0.15) is 24.5 Å². The predicted molar refractivity (Wildman–Crippen MR) is 68.5 cm³/mol. The van der Waals surface area contributed by atoms with Crippen molar-refractivity contribution < 1.29 is 9.18 Å². The van der Waals surface area contributed by atoms with Crippen LogP contribution in [-0.2, 0) is 4.79 Å². The first kappa shape index (κ1) is 13.7. The van der Waals surface area contributed by atoms with E-state index >= 15 is 0 Å². The van der Waals surface area contributed by atoms with E-state index in [1.54, 1.807) is 19.1 Å². The van der Waals surface area contributed by atoms with Crippen molar-refractivity contribution in [1.82, 2.24) is 5.32 Å². The molecular formula is C13H15ClFNO. The van der Waals surface area contributed by atoms with E-state index in [1.165, 1.54) is 13.0 Å². The molecule has 0 aliphatic carbocycles. The molecule has 1 aromatic carbocycles. The Bertz CT molecular complexity index is 443. The highest BCUT2D eigenvalue weighted by molar-refractivity contribution is 6.32. The van der Waals surface area contributed by atoms with Crippen molar-refractivity contribution in [3.63, 3.8) is 0 Å². The summed E-state index contributed by atoms with van der Waals surface area (Å²) in [5.74, 6) is -0.325. The molecule has 0 atom stereocenters. The Kier molecular flexibility index (Phi) is 5.16. The van der Waals surface area contributed by atoms with E-state index in [2.05, 4.69) is 5.32 Å². The van der Waals surface area contributed by atoms with Gasteiger partial charge in [-0.25, -0.2) is 4.39 Å². The fraction of sp³-hybridized carbons (Fsp3) is 0.308. The Morgan fingerprint density at radius 1 is 1.53 bits per heavy atom. The van der Waals surface area contributed by atoms with Crippen LogP contribution in [-0.4, -0.2) is 12.5 Å². The Labute approximate surface area is 105 Å². The minimum atomic E-state index is -0.268. The molecule has 0 fully saturated rings. The van der Waals surface area contributed by atoms with Crippen molar-refractivity contribution in [2.45, 2.75) is 20.3 Å². The summed E-state index contributed by atoms with van der Waals surface area (Å²) in [6.45, 7) is 3.71. The molecule has 0 bridgehead atoms. The van der Waals surface area contributed by atoms with Gasteiger partial charge in [-0.15, -0.1) is 0 Å². The highest BCUT2D eigenvalue weighted by Crippen LogP contribution is 2.21. The third kappa shape index (κ3) is 4.57. The van der Waals surface area contributed by atoms with E-state index in [1.807, 2.05) is 6.08 Å². The molecule has 1 amide bonds. The quantitative estimate of drug-likeness (QED) is 0.822. The number of hydrogen-bond donors (Lipinski definition) is 1. The number of hydrogen-bond acceptors (Lipinski definition) is 1. The molecule has 0 aliphatic rings. The second-order valence-corrected chi connectivity index (χ2v) is 4.20. The third-order valence-corrected chi connectivity index (χ3v) is 2.59. The molecule has 0 aromatic heterocycles. The molecule has 1 N–H and O–H groups in total. The molecular weight excluding hydrogens is 241 g/mol. The van der Waals surface area contributed by atoms with E-state index in [9.17, 15) is 9.18 Å². The van der Waals surface area contributed by atoms with E-state index < -0.39 is 0 Å². The monoisotopic (exact) mass is 255 g/mol. The van der Waals surface area contributed by atoms with Gasteiger partial charge in [0.15, 0.2) is 0 Å². The molecule has 1 aromatic rings. The van der Waals surface area contributed by atoms with Gasteiger partial charge in [0.05, 0.1) is 0 Å². The Morgan fingerprint density at radius 3 is 2.88 bits per heavy atom. The lowest BCUT2D eigenvalue weighted by atomic mass is 10.1. The molecule has 4 heteroatoms. The maximum Gasteiger partial charge on any atom is 0.216 e. The number of aryl methyl sites for hydroxylation is 1. The fourth-order valence-electron chi connectivity index (χ4n) is 1.33. The van der Waals surface area contributed by atoms with Gasteiger partial charge in [0, 0.05) is 18.5 Å². The minimum absolute atomic E-state index is 0.0576. The largest absolute Gasteiger partial charge is 0.356 e.